The smallest absolute Gasteiger partial charge is 0.343 e. The van der Waals surface area contributed by atoms with Crippen LogP contribution in [-0.4, -0.2) is 11.8 Å². The Hall–Kier alpha value is -2.66. The number of hydrogen-bond acceptors (Lipinski definition) is 3. The lowest BCUT2D eigenvalue weighted by Gasteiger charge is -2.07. The number of benzene rings is 3. The summed E-state index contributed by atoms with van der Waals surface area (Å²) < 4.78 is 6.31. The molecule has 0 fully saturated rings. The van der Waals surface area contributed by atoms with E-state index >= 15 is 0 Å². The first kappa shape index (κ1) is 15.2. The summed E-state index contributed by atoms with van der Waals surface area (Å²) in [6.45, 7) is 0. The minimum Gasteiger partial charge on any atom is -0.423 e. The molecule has 0 aliphatic carbocycles. The average molecular weight is 369 g/mol. The highest BCUT2D eigenvalue weighted by molar-refractivity contribution is 9.10. The molecule has 114 valence electrons. The third kappa shape index (κ3) is 3.40. The molecule has 5 heteroatoms. The molecule has 3 rings (SSSR count). The zero-order valence-electron chi connectivity index (χ0n) is 12.0. The van der Waals surface area contributed by atoms with Gasteiger partial charge in [0.05, 0.1) is 5.56 Å². The van der Waals surface area contributed by atoms with Gasteiger partial charge in [-0.15, -0.1) is 0 Å². The molecular weight excluding hydrogens is 356 g/mol. The summed E-state index contributed by atoms with van der Waals surface area (Å²) in [5.74, 6) is 0.0934. The second kappa shape index (κ2) is 6.22. The fourth-order valence-electron chi connectivity index (χ4n) is 2.21. The van der Waals surface area contributed by atoms with Gasteiger partial charge in [0.1, 0.15) is 11.6 Å². The number of rotatable bonds is 3. The van der Waals surface area contributed by atoms with Crippen LogP contribution in [-0.2, 0) is 0 Å². The Morgan fingerprint density at radius 2 is 1.52 bits per heavy atom. The van der Waals surface area contributed by atoms with Gasteiger partial charge in [-0.25, -0.2) is 4.79 Å². The van der Waals surface area contributed by atoms with Crippen LogP contribution in [0.2, 0.25) is 0 Å². The molecule has 23 heavy (non-hydrogen) atoms. The average Bonchev–Trinajstić information content (AvgIpc) is 2.54. The van der Waals surface area contributed by atoms with E-state index in [1.807, 2.05) is 18.2 Å². The number of nitrogens with one attached hydrogen (secondary N) is 1. The van der Waals surface area contributed by atoms with Gasteiger partial charge >= 0.3 is 5.97 Å². The van der Waals surface area contributed by atoms with Gasteiger partial charge in [0.2, 0.25) is 0 Å². The highest BCUT2D eigenvalue weighted by atomic mass is 79.9. The maximum atomic E-state index is 12.1. The number of carbonyl (C=O) groups is 1. The van der Waals surface area contributed by atoms with E-state index in [0.717, 1.165) is 15.2 Å². The van der Waals surface area contributed by atoms with Crippen molar-refractivity contribution >= 4 is 38.5 Å². The van der Waals surface area contributed by atoms with Gasteiger partial charge in [-0.1, -0.05) is 34.1 Å². The monoisotopic (exact) mass is 368 g/mol. The quantitative estimate of drug-likeness (QED) is 0.316. The lowest BCUT2D eigenvalue weighted by Crippen LogP contribution is -2.10. The van der Waals surface area contributed by atoms with Gasteiger partial charge in [0.15, 0.2) is 0 Å². The molecule has 0 heterocycles. The van der Waals surface area contributed by atoms with Crippen molar-refractivity contribution in [3.63, 3.8) is 0 Å². The number of nitrogen functional groups attached to an aromatic ring is 1. The molecule has 0 bridgehead atoms. The first-order valence-corrected chi connectivity index (χ1v) is 7.68. The van der Waals surface area contributed by atoms with Crippen LogP contribution in [0, 0.1) is 5.41 Å². The Morgan fingerprint density at radius 3 is 2.22 bits per heavy atom. The predicted octanol–water partition coefficient (Wildman–Crippen LogP) is 4.11. The van der Waals surface area contributed by atoms with Crippen molar-refractivity contribution < 1.29 is 9.53 Å². The molecule has 3 N–H and O–H groups in total. The van der Waals surface area contributed by atoms with Crippen LogP contribution in [0.1, 0.15) is 15.9 Å². The van der Waals surface area contributed by atoms with Crippen molar-refractivity contribution in [2.75, 3.05) is 0 Å². The third-order valence-corrected chi connectivity index (χ3v) is 3.94. The fraction of sp³-hybridized carbons (Fsp3) is 0. The first-order valence-electron chi connectivity index (χ1n) is 6.89. The van der Waals surface area contributed by atoms with Crippen molar-refractivity contribution in [3.8, 4) is 5.75 Å². The van der Waals surface area contributed by atoms with Gasteiger partial charge < -0.3 is 10.5 Å². The normalized spacial score (nSPS) is 10.5. The topological polar surface area (TPSA) is 76.2 Å². The Bertz CT molecular complexity index is 905. The Labute approximate surface area is 141 Å². The van der Waals surface area contributed by atoms with E-state index in [2.05, 4.69) is 15.9 Å². The van der Waals surface area contributed by atoms with Crippen molar-refractivity contribution in [1.29, 1.82) is 5.41 Å². The van der Waals surface area contributed by atoms with Crippen LogP contribution in [0.4, 0.5) is 0 Å². The van der Waals surface area contributed by atoms with Crippen LogP contribution in [0.25, 0.3) is 10.8 Å². The van der Waals surface area contributed by atoms with Gasteiger partial charge in [-0.05, 0) is 53.2 Å². The van der Waals surface area contributed by atoms with E-state index in [1.165, 1.54) is 0 Å². The summed E-state index contributed by atoms with van der Waals surface area (Å²) in [5, 5.41) is 9.31. The Kier molecular flexibility index (Phi) is 4.12. The highest BCUT2D eigenvalue weighted by Gasteiger charge is 2.09. The van der Waals surface area contributed by atoms with Crippen molar-refractivity contribution in [2.24, 2.45) is 5.73 Å². The van der Waals surface area contributed by atoms with Crippen molar-refractivity contribution in [1.82, 2.24) is 0 Å². The molecular formula is C18H13BrN2O2. The zero-order chi connectivity index (χ0) is 16.4. The van der Waals surface area contributed by atoms with E-state index in [4.69, 9.17) is 15.9 Å². The molecule has 0 spiro atoms. The summed E-state index contributed by atoms with van der Waals surface area (Å²) >= 11 is 3.33. The van der Waals surface area contributed by atoms with Gasteiger partial charge in [0, 0.05) is 10.0 Å². The lowest BCUT2D eigenvalue weighted by molar-refractivity contribution is 0.0735. The molecule has 0 saturated carbocycles. The van der Waals surface area contributed by atoms with Gasteiger partial charge in [-0.2, -0.15) is 0 Å². The number of hydrogen-bond donors (Lipinski definition) is 2. The van der Waals surface area contributed by atoms with Gasteiger partial charge in [-0.3, -0.25) is 5.41 Å². The van der Waals surface area contributed by atoms with E-state index in [-0.39, 0.29) is 5.84 Å². The lowest BCUT2D eigenvalue weighted by atomic mass is 10.1. The number of esters is 1. The second-order valence-corrected chi connectivity index (χ2v) is 5.95. The highest BCUT2D eigenvalue weighted by Crippen LogP contribution is 2.23. The number of carbonyl (C=O) groups excluding carboxylic acids is 1. The first-order chi connectivity index (χ1) is 11.0. The molecule has 0 aliphatic rings. The standard InChI is InChI=1S/C18H13BrN2O2/c19-15-6-3-11(4-7-15)18(22)23-16-8-5-12-9-14(17(20)21)2-1-13(12)10-16/h1-10H,(H3,20,21). The number of halogens is 1. The van der Waals surface area contributed by atoms with E-state index < -0.39 is 5.97 Å². The Balaban J connectivity index is 1.86. The third-order valence-electron chi connectivity index (χ3n) is 3.41. The molecule has 0 radical (unpaired) electrons. The molecule has 4 nitrogen and oxygen atoms in total. The van der Waals surface area contributed by atoms with E-state index in [0.29, 0.717) is 16.9 Å². The van der Waals surface area contributed by atoms with Crippen LogP contribution in [0.5, 0.6) is 5.75 Å². The van der Waals surface area contributed by atoms with Gasteiger partial charge in [0.25, 0.3) is 0 Å². The summed E-state index contributed by atoms with van der Waals surface area (Å²) in [7, 11) is 0. The Morgan fingerprint density at radius 1 is 0.913 bits per heavy atom. The molecule has 3 aromatic rings. The molecule has 0 unspecified atom stereocenters. The van der Waals surface area contributed by atoms with Crippen LogP contribution in [0.15, 0.2) is 65.1 Å². The summed E-state index contributed by atoms with van der Waals surface area (Å²) in [6.07, 6.45) is 0. The largest absolute Gasteiger partial charge is 0.423 e. The van der Waals surface area contributed by atoms with Crippen LogP contribution in [0.3, 0.4) is 0 Å². The molecule has 0 atom stereocenters. The SMILES string of the molecule is N=C(N)c1ccc2cc(OC(=O)c3ccc(Br)cc3)ccc2c1. The maximum Gasteiger partial charge on any atom is 0.343 e. The van der Waals surface area contributed by atoms with E-state index in [1.54, 1.807) is 42.5 Å². The minimum absolute atomic E-state index is 0.0256. The second-order valence-electron chi connectivity index (χ2n) is 5.03. The van der Waals surface area contributed by atoms with E-state index in [9.17, 15) is 4.79 Å². The van der Waals surface area contributed by atoms with Crippen molar-refractivity contribution in [2.45, 2.75) is 0 Å². The van der Waals surface area contributed by atoms with Crippen LogP contribution < -0.4 is 10.5 Å². The fourth-order valence-corrected chi connectivity index (χ4v) is 2.47. The number of fused-ring (bicyclic) bond motifs is 1. The number of nitrogens with two attached hydrogens (primary N) is 1. The number of amidine groups is 1. The molecule has 0 aliphatic heterocycles. The van der Waals surface area contributed by atoms with Crippen molar-refractivity contribution in [3.05, 3.63) is 76.3 Å². The molecule has 0 saturated heterocycles. The predicted molar refractivity (Wildman–Crippen MR) is 94.1 cm³/mol. The zero-order valence-corrected chi connectivity index (χ0v) is 13.6. The summed E-state index contributed by atoms with van der Waals surface area (Å²) in [4.78, 5) is 12.1. The molecule has 0 amide bonds. The number of ether oxygens (including phenoxy) is 1. The molecule has 3 aromatic carbocycles. The molecule has 0 aromatic heterocycles. The van der Waals surface area contributed by atoms with Crippen LogP contribution >= 0.6 is 15.9 Å². The minimum atomic E-state index is -0.405. The summed E-state index contributed by atoms with van der Waals surface area (Å²) in [5.41, 5.74) is 6.64. The maximum absolute atomic E-state index is 12.1. The summed E-state index contributed by atoms with van der Waals surface area (Å²) in [6, 6.07) is 17.8.